The molecule has 0 aromatic heterocycles. The maximum Gasteiger partial charge on any atom is 0.0834 e. The molecule has 1 radical (unpaired) electrons. The summed E-state index contributed by atoms with van der Waals surface area (Å²) in [6.45, 7) is 6.40. The van der Waals surface area contributed by atoms with E-state index in [2.05, 4.69) is 5.92 Å². The zero-order chi connectivity index (χ0) is 7.11. The van der Waals surface area contributed by atoms with Crippen molar-refractivity contribution in [3.63, 3.8) is 0 Å². The lowest BCUT2D eigenvalue weighted by molar-refractivity contribution is 0.175. The van der Waals surface area contributed by atoms with Gasteiger partial charge in [0.05, 0.1) is 13.2 Å². The molecule has 0 saturated carbocycles. The first-order chi connectivity index (χ1) is 4.31. The first-order valence-electron chi connectivity index (χ1n) is 3.20. The van der Waals surface area contributed by atoms with E-state index < -0.39 is 0 Å². The zero-order valence-corrected chi connectivity index (χ0v) is 6.05. The molecule has 0 aromatic rings. The second-order valence-electron chi connectivity index (χ2n) is 1.98. The highest BCUT2D eigenvalue weighted by molar-refractivity contribution is 4.90. The molecule has 1 atom stereocenters. The number of rotatable bonds is 4. The van der Waals surface area contributed by atoms with Gasteiger partial charge >= 0.3 is 0 Å². The SMILES string of the molecule is C#CC(C)CO[CH]CC. The van der Waals surface area contributed by atoms with Crippen molar-refractivity contribution >= 4 is 0 Å². The van der Waals surface area contributed by atoms with Gasteiger partial charge < -0.3 is 4.74 Å². The van der Waals surface area contributed by atoms with E-state index in [0.717, 1.165) is 6.42 Å². The molecule has 0 heterocycles. The monoisotopic (exact) mass is 125 g/mol. The Morgan fingerprint density at radius 1 is 1.78 bits per heavy atom. The molecule has 0 saturated heterocycles. The van der Waals surface area contributed by atoms with Crippen molar-refractivity contribution in [3.05, 3.63) is 6.61 Å². The van der Waals surface area contributed by atoms with Crippen LogP contribution < -0.4 is 0 Å². The van der Waals surface area contributed by atoms with Gasteiger partial charge in [-0.05, 0) is 13.3 Å². The number of hydrogen-bond donors (Lipinski definition) is 0. The van der Waals surface area contributed by atoms with Gasteiger partial charge in [-0.2, -0.15) is 0 Å². The second kappa shape index (κ2) is 5.65. The molecular formula is C8H13O. The molecular weight excluding hydrogens is 112 g/mol. The van der Waals surface area contributed by atoms with Crippen molar-refractivity contribution in [3.8, 4) is 12.3 Å². The van der Waals surface area contributed by atoms with Crippen LogP contribution in [-0.4, -0.2) is 6.61 Å². The summed E-state index contributed by atoms with van der Waals surface area (Å²) in [5.41, 5.74) is 0. The van der Waals surface area contributed by atoms with Gasteiger partial charge in [0.2, 0.25) is 0 Å². The first kappa shape index (κ1) is 8.52. The Labute approximate surface area is 57.4 Å². The first-order valence-corrected chi connectivity index (χ1v) is 3.20. The summed E-state index contributed by atoms with van der Waals surface area (Å²) in [5, 5.41) is 0. The third-order valence-electron chi connectivity index (χ3n) is 0.915. The van der Waals surface area contributed by atoms with Gasteiger partial charge in [-0.25, -0.2) is 0 Å². The number of ether oxygens (including phenoxy) is 1. The zero-order valence-electron chi connectivity index (χ0n) is 6.05. The van der Waals surface area contributed by atoms with Crippen LogP contribution in [0.4, 0.5) is 0 Å². The fourth-order valence-corrected chi connectivity index (χ4v) is 0.378. The molecule has 1 unspecified atom stereocenters. The molecule has 51 valence electrons. The minimum absolute atomic E-state index is 0.229. The molecule has 0 fully saturated rings. The van der Waals surface area contributed by atoms with Crippen LogP contribution in [0.2, 0.25) is 0 Å². The lowest BCUT2D eigenvalue weighted by atomic mass is 10.2. The van der Waals surface area contributed by atoms with E-state index in [1.807, 2.05) is 13.8 Å². The van der Waals surface area contributed by atoms with E-state index in [4.69, 9.17) is 11.2 Å². The lowest BCUT2D eigenvalue weighted by Crippen LogP contribution is -2.00. The smallest absolute Gasteiger partial charge is 0.0834 e. The van der Waals surface area contributed by atoms with E-state index in [9.17, 15) is 0 Å². The summed E-state index contributed by atoms with van der Waals surface area (Å²) in [7, 11) is 0. The fraction of sp³-hybridized carbons (Fsp3) is 0.625. The molecule has 0 spiro atoms. The summed E-state index contributed by atoms with van der Waals surface area (Å²) < 4.78 is 5.07. The highest BCUT2D eigenvalue weighted by atomic mass is 16.5. The van der Waals surface area contributed by atoms with Crippen LogP contribution in [0.5, 0.6) is 0 Å². The third kappa shape index (κ3) is 5.39. The van der Waals surface area contributed by atoms with Crippen molar-refractivity contribution in [2.45, 2.75) is 20.3 Å². The molecule has 0 rings (SSSR count). The standard InChI is InChI=1S/C8H13O/c1-4-6-9-7-8(3)5-2/h2,6,8H,4,7H2,1,3H3. The van der Waals surface area contributed by atoms with Gasteiger partial charge in [0.25, 0.3) is 0 Å². The quantitative estimate of drug-likeness (QED) is 0.411. The van der Waals surface area contributed by atoms with Gasteiger partial charge in [-0.15, -0.1) is 12.3 Å². The highest BCUT2D eigenvalue weighted by Crippen LogP contribution is 1.95. The van der Waals surface area contributed by atoms with Crippen molar-refractivity contribution in [1.82, 2.24) is 0 Å². The van der Waals surface area contributed by atoms with Crippen LogP contribution >= 0.6 is 0 Å². The molecule has 0 N–H and O–H groups in total. The highest BCUT2D eigenvalue weighted by Gasteiger charge is 1.93. The van der Waals surface area contributed by atoms with Crippen molar-refractivity contribution in [2.24, 2.45) is 5.92 Å². The molecule has 1 heteroatoms. The molecule has 0 amide bonds. The van der Waals surface area contributed by atoms with E-state index in [1.54, 1.807) is 6.61 Å². The van der Waals surface area contributed by atoms with Crippen LogP contribution in [0.25, 0.3) is 0 Å². The van der Waals surface area contributed by atoms with Crippen molar-refractivity contribution in [1.29, 1.82) is 0 Å². The molecule has 0 aliphatic rings. The van der Waals surface area contributed by atoms with Crippen molar-refractivity contribution < 1.29 is 4.74 Å². The van der Waals surface area contributed by atoms with Gasteiger partial charge in [0.1, 0.15) is 0 Å². The second-order valence-corrected chi connectivity index (χ2v) is 1.98. The summed E-state index contributed by atoms with van der Waals surface area (Å²) in [4.78, 5) is 0. The average Bonchev–Trinajstić information content (AvgIpc) is 1.89. The van der Waals surface area contributed by atoms with Crippen LogP contribution in [0.1, 0.15) is 20.3 Å². The Kier molecular flexibility index (Phi) is 5.35. The minimum atomic E-state index is 0.229. The van der Waals surface area contributed by atoms with Crippen LogP contribution in [0.3, 0.4) is 0 Å². The van der Waals surface area contributed by atoms with Crippen molar-refractivity contribution in [2.75, 3.05) is 6.61 Å². The summed E-state index contributed by atoms with van der Waals surface area (Å²) in [5.74, 6) is 2.81. The molecule has 0 aliphatic heterocycles. The van der Waals surface area contributed by atoms with Gasteiger partial charge in [0.15, 0.2) is 0 Å². The van der Waals surface area contributed by atoms with Gasteiger partial charge in [-0.1, -0.05) is 6.92 Å². The van der Waals surface area contributed by atoms with E-state index >= 15 is 0 Å². The Morgan fingerprint density at radius 3 is 2.89 bits per heavy atom. The largest absolute Gasteiger partial charge is 0.374 e. The summed E-state index contributed by atoms with van der Waals surface area (Å²) in [6, 6.07) is 0. The summed E-state index contributed by atoms with van der Waals surface area (Å²) in [6.07, 6.45) is 6.05. The topological polar surface area (TPSA) is 9.23 Å². The van der Waals surface area contributed by atoms with E-state index in [-0.39, 0.29) is 5.92 Å². The maximum absolute atomic E-state index is 5.11. The predicted molar refractivity (Wildman–Crippen MR) is 38.5 cm³/mol. The molecule has 0 bridgehead atoms. The molecule has 0 aromatic carbocycles. The Balaban J connectivity index is 2.99. The molecule has 0 aliphatic carbocycles. The van der Waals surface area contributed by atoms with Gasteiger partial charge in [-0.3, -0.25) is 0 Å². The number of terminal acetylenes is 1. The van der Waals surface area contributed by atoms with Crippen LogP contribution in [0, 0.1) is 24.9 Å². The minimum Gasteiger partial charge on any atom is -0.374 e. The Bertz CT molecular complexity index is 91.2. The average molecular weight is 125 g/mol. The summed E-state index contributed by atoms with van der Waals surface area (Å²) >= 11 is 0. The van der Waals surface area contributed by atoms with E-state index in [1.165, 1.54) is 0 Å². The maximum atomic E-state index is 5.11. The van der Waals surface area contributed by atoms with Crippen LogP contribution in [0.15, 0.2) is 0 Å². The van der Waals surface area contributed by atoms with E-state index in [0.29, 0.717) is 6.61 Å². The van der Waals surface area contributed by atoms with Crippen LogP contribution in [-0.2, 0) is 4.74 Å². The Morgan fingerprint density at radius 2 is 2.44 bits per heavy atom. The fourth-order valence-electron chi connectivity index (χ4n) is 0.378. The van der Waals surface area contributed by atoms with Gasteiger partial charge in [0, 0.05) is 5.92 Å². The molecule has 1 nitrogen and oxygen atoms in total. The predicted octanol–water partition coefficient (Wildman–Crippen LogP) is 1.84. The lowest BCUT2D eigenvalue weighted by Gasteiger charge is -2.02. The molecule has 9 heavy (non-hydrogen) atoms. The number of hydrogen-bond acceptors (Lipinski definition) is 1. The Hall–Kier alpha value is -0.480. The normalized spacial score (nSPS) is 12.6. The third-order valence-corrected chi connectivity index (χ3v) is 0.915.